The van der Waals surface area contributed by atoms with Gasteiger partial charge in [-0.1, -0.05) is 24.6 Å². The van der Waals surface area contributed by atoms with Crippen LogP contribution in [-0.4, -0.2) is 18.4 Å². The molecule has 0 aliphatic carbocycles. The molecular weight excluding hydrogens is 278 g/mol. The average molecular weight is 299 g/mol. The van der Waals surface area contributed by atoms with Crippen molar-refractivity contribution in [3.05, 3.63) is 48.1 Å². The van der Waals surface area contributed by atoms with Crippen LogP contribution in [0.2, 0.25) is 0 Å². The van der Waals surface area contributed by atoms with Gasteiger partial charge in [-0.2, -0.15) is 0 Å². The van der Waals surface area contributed by atoms with E-state index >= 15 is 0 Å². The molecule has 2 rings (SSSR count). The molecule has 0 aromatic heterocycles. The Morgan fingerprint density at radius 3 is 2.55 bits per heavy atom. The molecule has 1 aromatic rings. The Kier molecular flexibility index (Phi) is 5.53. The number of rotatable bonds is 5. The number of anilines is 1. The summed E-state index contributed by atoms with van der Waals surface area (Å²) in [6, 6.07) is 7.03. The zero-order valence-electron chi connectivity index (χ0n) is 13.0. The molecule has 4 heteroatoms. The van der Waals surface area contributed by atoms with E-state index in [9.17, 15) is 9.59 Å². The summed E-state index contributed by atoms with van der Waals surface area (Å²) in [5.74, 6) is 0.215. The van der Waals surface area contributed by atoms with Crippen molar-refractivity contribution in [1.29, 1.82) is 0 Å². The number of carbonyl (C=O) groups is 2. The molecule has 0 bridgehead atoms. The van der Waals surface area contributed by atoms with Crippen molar-refractivity contribution in [3.63, 3.8) is 0 Å². The van der Waals surface area contributed by atoms with Crippen molar-refractivity contribution in [2.24, 2.45) is 0 Å². The number of ether oxygens (including phenoxy) is 1. The summed E-state index contributed by atoms with van der Waals surface area (Å²) in [6.45, 7) is 4.72. The molecule has 1 fully saturated rings. The second-order valence-corrected chi connectivity index (χ2v) is 5.11. The van der Waals surface area contributed by atoms with E-state index in [2.05, 4.69) is 0 Å². The van der Waals surface area contributed by atoms with Crippen LogP contribution in [-0.2, 0) is 9.59 Å². The van der Waals surface area contributed by atoms with Crippen molar-refractivity contribution in [3.8, 4) is 5.75 Å². The molecule has 0 atom stereocenters. The number of hydrogen-bond acceptors (Lipinski definition) is 3. The lowest BCUT2D eigenvalue weighted by molar-refractivity contribution is -0.129. The van der Waals surface area contributed by atoms with Crippen LogP contribution in [0.25, 0.3) is 0 Å². The van der Waals surface area contributed by atoms with Crippen LogP contribution in [0.5, 0.6) is 5.75 Å². The number of esters is 1. The van der Waals surface area contributed by atoms with Crippen LogP contribution >= 0.6 is 0 Å². The maximum Gasteiger partial charge on any atom is 0.336 e. The highest BCUT2D eigenvalue weighted by Gasteiger charge is 2.21. The Bertz CT molecular complexity index is 599. The van der Waals surface area contributed by atoms with Gasteiger partial charge >= 0.3 is 5.97 Å². The van der Waals surface area contributed by atoms with Gasteiger partial charge in [0.05, 0.1) is 0 Å². The molecule has 22 heavy (non-hydrogen) atoms. The standard InChI is InChI=1S/C18H21NO3/c1-3-14(4-2)7-12-18(21)22-16-10-8-15(9-11-16)19-13-5-6-17(19)20/h3,7-12H,4-6,13H2,1-2H3/b12-7+,14-3-. The quantitative estimate of drug-likeness (QED) is 0.361. The highest BCUT2D eigenvalue weighted by atomic mass is 16.5. The van der Waals surface area contributed by atoms with Crippen molar-refractivity contribution in [2.45, 2.75) is 33.1 Å². The van der Waals surface area contributed by atoms with Gasteiger partial charge in [-0.25, -0.2) is 4.79 Å². The summed E-state index contributed by atoms with van der Waals surface area (Å²) in [5, 5.41) is 0. The molecule has 0 spiro atoms. The first-order chi connectivity index (χ1) is 10.6. The van der Waals surface area contributed by atoms with Gasteiger partial charge in [0.1, 0.15) is 5.75 Å². The van der Waals surface area contributed by atoms with Crippen LogP contribution in [0.1, 0.15) is 33.1 Å². The second-order valence-electron chi connectivity index (χ2n) is 5.11. The SMILES string of the molecule is C/C=C(\C=C\C(=O)Oc1ccc(N2CCCC2=O)cc1)CC. The van der Waals surface area contributed by atoms with Crippen molar-refractivity contribution >= 4 is 17.6 Å². The molecule has 4 nitrogen and oxygen atoms in total. The third kappa shape index (κ3) is 4.07. The van der Waals surface area contributed by atoms with Crippen molar-refractivity contribution in [2.75, 3.05) is 11.4 Å². The largest absolute Gasteiger partial charge is 0.423 e. The lowest BCUT2D eigenvalue weighted by Crippen LogP contribution is -2.23. The first-order valence-corrected chi connectivity index (χ1v) is 7.59. The summed E-state index contributed by atoms with van der Waals surface area (Å²) < 4.78 is 5.24. The molecule has 0 unspecified atom stereocenters. The minimum absolute atomic E-state index is 0.145. The Morgan fingerprint density at radius 2 is 2.00 bits per heavy atom. The Hall–Kier alpha value is -2.36. The van der Waals surface area contributed by atoms with Gasteiger partial charge in [-0.15, -0.1) is 0 Å². The monoisotopic (exact) mass is 299 g/mol. The lowest BCUT2D eigenvalue weighted by atomic mass is 10.2. The van der Waals surface area contributed by atoms with Gasteiger partial charge in [-0.3, -0.25) is 4.79 Å². The second kappa shape index (κ2) is 7.59. The van der Waals surface area contributed by atoms with E-state index < -0.39 is 5.97 Å². The van der Waals surface area contributed by atoms with Crippen LogP contribution in [0.4, 0.5) is 5.69 Å². The summed E-state index contributed by atoms with van der Waals surface area (Å²) in [4.78, 5) is 25.2. The predicted octanol–water partition coefficient (Wildman–Crippen LogP) is 3.63. The summed E-state index contributed by atoms with van der Waals surface area (Å²) in [7, 11) is 0. The molecule has 0 N–H and O–H groups in total. The number of benzene rings is 1. The fraction of sp³-hybridized carbons (Fsp3) is 0.333. The topological polar surface area (TPSA) is 46.6 Å². The molecule has 1 amide bonds. The number of carbonyl (C=O) groups excluding carboxylic acids is 2. The molecule has 116 valence electrons. The van der Waals surface area contributed by atoms with Crippen molar-refractivity contribution < 1.29 is 14.3 Å². The predicted molar refractivity (Wildman–Crippen MR) is 86.9 cm³/mol. The maximum absolute atomic E-state index is 11.7. The van der Waals surface area contributed by atoms with E-state index in [0.717, 1.165) is 30.6 Å². The average Bonchev–Trinajstić information content (AvgIpc) is 2.95. The highest BCUT2D eigenvalue weighted by molar-refractivity contribution is 5.95. The Balaban J connectivity index is 1.96. The van der Waals surface area contributed by atoms with Gasteiger partial charge in [0.25, 0.3) is 0 Å². The molecule has 1 saturated heterocycles. The van der Waals surface area contributed by atoms with Gasteiger partial charge in [0.2, 0.25) is 5.91 Å². The molecule has 1 aliphatic rings. The number of allylic oxidation sites excluding steroid dienone is 3. The van der Waals surface area contributed by atoms with Gasteiger partial charge < -0.3 is 9.64 Å². The van der Waals surface area contributed by atoms with Gasteiger partial charge in [0, 0.05) is 24.7 Å². The summed E-state index contributed by atoms with van der Waals surface area (Å²) in [5.41, 5.74) is 1.93. The van der Waals surface area contributed by atoms with E-state index in [-0.39, 0.29) is 5.91 Å². The fourth-order valence-corrected chi connectivity index (χ4v) is 2.36. The van der Waals surface area contributed by atoms with Crippen LogP contribution in [0.3, 0.4) is 0 Å². The highest BCUT2D eigenvalue weighted by Crippen LogP contribution is 2.24. The number of nitrogens with zero attached hydrogens (tertiary/aromatic N) is 1. The molecule has 1 heterocycles. The van der Waals surface area contributed by atoms with Gasteiger partial charge in [-0.05, 0) is 44.0 Å². The number of amides is 1. The Morgan fingerprint density at radius 1 is 1.27 bits per heavy atom. The molecule has 1 aromatic carbocycles. The van der Waals surface area contributed by atoms with E-state index in [1.807, 2.05) is 19.9 Å². The number of hydrogen-bond donors (Lipinski definition) is 0. The smallest absolute Gasteiger partial charge is 0.336 e. The first-order valence-electron chi connectivity index (χ1n) is 7.59. The summed E-state index contributed by atoms with van der Waals surface area (Å²) >= 11 is 0. The lowest BCUT2D eigenvalue weighted by Gasteiger charge is -2.15. The normalized spacial score (nSPS) is 15.6. The maximum atomic E-state index is 11.7. The fourth-order valence-electron chi connectivity index (χ4n) is 2.36. The van der Waals surface area contributed by atoms with Crippen molar-refractivity contribution in [1.82, 2.24) is 0 Å². The summed E-state index contributed by atoms with van der Waals surface area (Å²) in [6.07, 6.45) is 7.53. The first kappa shape index (κ1) is 16.0. The minimum Gasteiger partial charge on any atom is -0.423 e. The van der Waals surface area contributed by atoms with Gasteiger partial charge in [0.15, 0.2) is 0 Å². The van der Waals surface area contributed by atoms with Crippen LogP contribution < -0.4 is 9.64 Å². The third-order valence-electron chi connectivity index (χ3n) is 3.65. The van der Waals surface area contributed by atoms with E-state index in [1.54, 1.807) is 35.2 Å². The van der Waals surface area contributed by atoms with E-state index in [4.69, 9.17) is 4.74 Å². The minimum atomic E-state index is -0.405. The molecule has 0 saturated carbocycles. The third-order valence-corrected chi connectivity index (χ3v) is 3.65. The van der Waals surface area contributed by atoms with Crippen LogP contribution in [0, 0.1) is 0 Å². The molecule has 0 radical (unpaired) electrons. The molecule has 1 aliphatic heterocycles. The molecular formula is C18H21NO3. The Labute approximate surface area is 131 Å². The zero-order valence-corrected chi connectivity index (χ0v) is 13.0. The van der Waals surface area contributed by atoms with Crippen LogP contribution in [0.15, 0.2) is 48.1 Å². The zero-order chi connectivity index (χ0) is 15.9. The van der Waals surface area contributed by atoms with E-state index in [1.165, 1.54) is 6.08 Å². The van der Waals surface area contributed by atoms with E-state index in [0.29, 0.717) is 12.2 Å².